The molecule has 1 amide bonds. The van der Waals surface area contributed by atoms with Gasteiger partial charge in [0, 0.05) is 35.5 Å². The van der Waals surface area contributed by atoms with Gasteiger partial charge in [-0.25, -0.2) is 14.2 Å². The third-order valence-electron chi connectivity index (χ3n) is 8.41. The molecule has 0 spiro atoms. The van der Waals surface area contributed by atoms with E-state index < -0.39 is 17.7 Å². The van der Waals surface area contributed by atoms with Crippen molar-refractivity contribution in [2.45, 2.75) is 77.4 Å². The summed E-state index contributed by atoms with van der Waals surface area (Å²) >= 11 is 0. The number of hydrogen-bond donors (Lipinski definition) is 1. The van der Waals surface area contributed by atoms with Gasteiger partial charge in [0.1, 0.15) is 17.3 Å². The second kappa shape index (κ2) is 15.1. The molecule has 0 bridgehead atoms. The van der Waals surface area contributed by atoms with Gasteiger partial charge in [0.15, 0.2) is 5.79 Å². The van der Waals surface area contributed by atoms with Crippen LogP contribution < -0.4 is 5.32 Å². The maximum Gasteiger partial charge on any atom is 0.339 e. The first-order chi connectivity index (χ1) is 23.4. The number of carbonyl (C=O) groups excluding carboxylic acids is 3. The highest BCUT2D eigenvalue weighted by Gasteiger charge is 2.37. The summed E-state index contributed by atoms with van der Waals surface area (Å²) in [4.78, 5) is 42.8. The number of anilines is 1. The lowest BCUT2D eigenvalue weighted by atomic mass is 9.92. The van der Waals surface area contributed by atoms with E-state index in [0.29, 0.717) is 30.5 Å². The zero-order valence-electron chi connectivity index (χ0n) is 28.6. The highest BCUT2D eigenvalue weighted by atomic mass is 19.1. The van der Waals surface area contributed by atoms with Crippen LogP contribution in [0.2, 0.25) is 0 Å². The summed E-state index contributed by atoms with van der Waals surface area (Å²) < 4.78 is 38.3. The summed E-state index contributed by atoms with van der Waals surface area (Å²) in [5.41, 5.74) is 4.59. The Kier molecular flexibility index (Phi) is 10.9. The summed E-state index contributed by atoms with van der Waals surface area (Å²) in [6.45, 7) is 7.67. The predicted octanol–water partition coefficient (Wildman–Crippen LogP) is 7.38. The van der Waals surface area contributed by atoms with E-state index in [4.69, 9.17) is 18.9 Å². The minimum Gasteiger partial charge on any atom is -0.469 e. The fourth-order valence-corrected chi connectivity index (χ4v) is 6.46. The van der Waals surface area contributed by atoms with Crippen molar-refractivity contribution in [2.75, 3.05) is 19.5 Å². The number of methoxy groups -OCH3 is 2. The second-order valence-electron chi connectivity index (χ2n) is 12.7. The van der Waals surface area contributed by atoms with Gasteiger partial charge in [-0.1, -0.05) is 42.5 Å². The van der Waals surface area contributed by atoms with Crippen LogP contribution >= 0.6 is 0 Å². The number of aromatic nitrogens is 2. The molecule has 1 aliphatic heterocycles. The zero-order chi connectivity index (χ0) is 35.3. The molecule has 2 aromatic heterocycles. The van der Waals surface area contributed by atoms with E-state index in [0.717, 1.165) is 22.4 Å². The number of nitrogens with one attached hydrogen (secondary N) is 1. The van der Waals surface area contributed by atoms with Gasteiger partial charge < -0.3 is 28.8 Å². The van der Waals surface area contributed by atoms with Crippen molar-refractivity contribution in [2.24, 2.45) is 0 Å². The molecule has 1 aliphatic rings. The first-order valence-corrected chi connectivity index (χ1v) is 16.3. The fraction of sp³-hybridized carbons (Fsp3) is 0.368. The summed E-state index contributed by atoms with van der Waals surface area (Å²) in [6, 6.07) is 18.8. The van der Waals surface area contributed by atoms with Crippen LogP contribution in [0.15, 0.2) is 72.9 Å². The Balaban J connectivity index is 1.63. The van der Waals surface area contributed by atoms with E-state index in [1.54, 1.807) is 18.2 Å². The van der Waals surface area contributed by atoms with Crippen LogP contribution in [0.4, 0.5) is 10.2 Å². The number of hydrogen-bond acceptors (Lipinski definition) is 8. The summed E-state index contributed by atoms with van der Waals surface area (Å²) in [7, 11) is 2.64. The minimum absolute atomic E-state index is 0.111. The Labute approximate surface area is 285 Å². The first kappa shape index (κ1) is 35.4. The predicted molar refractivity (Wildman–Crippen MR) is 183 cm³/mol. The molecule has 258 valence electrons. The van der Waals surface area contributed by atoms with Crippen molar-refractivity contribution in [3.8, 4) is 22.3 Å². The van der Waals surface area contributed by atoms with E-state index in [1.165, 1.54) is 38.6 Å². The largest absolute Gasteiger partial charge is 0.469 e. The van der Waals surface area contributed by atoms with Crippen molar-refractivity contribution in [1.29, 1.82) is 0 Å². The second-order valence-corrected chi connectivity index (χ2v) is 12.7. The number of nitrogens with zero attached hydrogens (tertiary/aromatic N) is 2. The molecule has 11 heteroatoms. The number of halogens is 1. The lowest BCUT2D eigenvalue weighted by Crippen LogP contribution is -2.45. The molecule has 0 radical (unpaired) electrons. The van der Waals surface area contributed by atoms with Crippen LogP contribution in [-0.2, 0) is 30.2 Å². The van der Waals surface area contributed by atoms with Gasteiger partial charge in [0.2, 0.25) is 0 Å². The lowest BCUT2D eigenvalue weighted by molar-refractivity contribution is -0.300. The molecule has 1 fully saturated rings. The van der Waals surface area contributed by atoms with Crippen molar-refractivity contribution < 1.29 is 37.7 Å². The third kappa shape index (κ3) is 8.23. The van der Waals surface area contributed by atoms with Gasteiger partial charge >= 0.3 is 11.9 Å². The van der Waals surface area contributed by atoms with Crippen molar-refractivity contribution >= 4 is 23.7 Å². The first-order valence-electron chi connectivity index (χ1n) is 16.3. The average Bonchev–Trinajstić information content (AvgIpc) is 3.43. The Morgan fingerprint density at radius 3 is 2.22 bits per heavy atom. The standard InChI is InChI=1S/C38H42FN3O7/c1-23(2)42-30(18-17-28-20-29(21-32(43)46-5)49-38(3,4)48-28)33(25-12-15-27(39)16-13-25)34(24-10-8-7-9-11-24)35(42)36(44)41-31-19-14-26(22-40-31)37(45)47-6/h7-16,19,22-23,28-29H,17-18,20-21H2,1-6H3,(H,40,41,44)/t28-,29-/m1/s1. The van der Waals surface area contributed by atoms with Crippen LogP contribution in [-0.4, -0.2) is 59.6 Å². The highest BCUT2D eigenvalue weighted by Crippen LogP contribution is 2.43. The quantitative estimate of drug-likeness (QED) is 0.164. The van der Waals surface area contributed by atoms with Crippen LogP contribution in [0, 0.1) is 5.82 Å². The number of esters is 2. The molecule has 2 atom stereocenters. The van der Waals surface area contributed by atoms with Gasteiger partial charge in [-0.2, -0.15) is 0 Å². The van der Waals surface area contributed by atoms with Gasteiger partial charge in [-0.05, 0) is 75.9 Å². The molecule has 49 heavy (non-hydrogen) atoms. The molecule has 10 nitrogen and oxygen atoms in total. The molecule has 3 heterocycles. The van der Waals surface area contributed by atoms with E-state index in [1.807, 2.05) is 62.6 Å². The number of carbonyl (C=O) groups is 3. The number of ether oxygens (including phenoxy) is 4. The van der Waals surface area contributed by atoms with Gasteiger partial charge in [-0.15, -0.1) is 0 Å². The molecule has 5 rings (SSSR count). The number of benzene rings is 2. The van der Waals surface area contributed by atoms with Gasteiger partial charge in [-0.3, -0.25) is 9.59 Å². The van der Waals surface area contributed by atoms with Crippen LogP contribution in [0.3, 0.4) is 0 Å². The summed E-state index contributed by atoms with van der Waals surface area (Å²) in [6.07, 6.45) is 2.36. The summed E-state index contributed by atoms with van der Waals surface area (Å²) in [5, 5.41) is 2.93. The highest BCUT2D eigenvalue weighted by molar-refractivity contribution is 6.11. The van der Waals surface area contributed by atoms with Crippen molar-refractivity contribution in [1.82, 2.24) is 9.55 Å². The average molecular weight is 672 g/mol. The van der Waals surface area contributed by atoms with Gasteiger partial charge in [0.25, 0.3) is 5.91 Å². The smallest absolute Gasteiger partial charge is 0.339 e. The van der Waals surface area contributed by atoms with E-state index >= 15 is 0 Å². The number of rotatable bonds is 11. The monoisotopic (exact) mass is 671 g/mol. The Bertz CT molecular complexity index is 1780. The topological polar surface area (TPSA) is 118 Å². The normalized spacial score (nSPS) is 17.1. The SMILES string of the molecule is COC(=O)C[C@H]1C[C@@H](CCc2c(-c3ccc(F)cc3)c(-c3ccccc3)c(C(=O)Nc3ccc(C(=O)OC)cn3)n2C(C)C)OC(C)(C)O1. The molecule has 0 unspecified atom stereocenters. The third-order valence-corrected chi connectivity index (χ3v) is 8.41. The molecule has 0 saturated carbocycles. The summed E-state index contributed by atoms with van der Waals surface area (Å²) in [5.74, 6) is -2.32. The maximum atomic E-state index is 14.4. The van der Waals surface area contributed by atoms with Crippen LogP contribution in [0.5, 0.6) is 0 Å². The lowest BCUT2D eigenvalue weighted by Gasteiger charge is -2.40. The Morgan fingerprint density at radius 1 is 0.939 bits per heavy atom. The molecular weight excluding hydrogens is 629 g/mol. The van der Waals surface area contributed by atoms with Gasteiger partial charge in [0.05, 0.1) is 38.4 Å². The Morgan fingerprint density at radius 2 is 1.61 bits per heavy atom. The molecule has 1 N–H and O–H groups in total. The number of pyridine rings is 1. The molecule has 0 aliphatic carbocycles. The van der Waals surface area contributed by atoms with Crippen LogP contribution in [0.25, 0.3) is 22.3 Å². The van der Waals surface area contributed by atoms with Crippen molar-refractivity contribution in [3.05, 3.63) is 95.7 Å². The molecule has 1 saturated heterocycles. The fourth-order valence-electron chi connectivity index (χ4n) is 6.46. The zero-order valence-corrected chi connectivity index (χ0v) is 28.6. The van der Waals surface area contributed by atoms with Crippen LogP contribution in [0.1, 0.15) is 79.5 Å². The van der Waals surface area contributed by atoms with E-state index in [-0.39, 0.29) is 47.8 Å². The minimum atomic E-state index is -0.919. The Hall–Kier alpha value is -4.87. The maximum absolute atomic E-state index is 14.4. The molecule has 4 aromatic rings. The number of amides is 1. The van der Waals surface area contributed by atoms with E-state index in [9.17, 15) is 18.8 Å². The van der Waals surface area contributed by atoms with Crippen molar-refractivity contribution in [3.63, 3.8) is 0 Å². The molecular formula is C38H42FN3O7. The van der Waals surface area contributed by atoms with E-state index in [2.05, 4.69) is 10.3 Å². The molecule has 2 aromatic carbocycles.